The highest BCUT2D eigenvalue weighted by molar-refractivity contribution is 5.77. The number of aromatic nitrogens is 2. The van der Waals surface area contributed by atoms with Crippen molar-refractivity contribution in [1.29, 1.82) is 0 Å². The number of nitrogens with zero attached hydrogens (tertiary/aromatic N) is 3. The van der Waals surface area contributed by atoms with E-state index >= 15 is 0 Å². The van der Waals surface area contributed by atoms with Crippen molar-refractivity contribution >= 4 is 5.91 Å². The molecule has 1 amide bonds. The van der Waals surface area contributed by atoms with Crippen LogP contribution in [0.15, 0.2) is 36.7 Å². The Balaban J connectivity index is 1.53. The average molecular weight is 399 g/mol. The fraction of sp³-hybridized carbons (Fsp3) is 0.389. The molecule has 0 radical (unpaired) electrons. The Bertz CT molecular complexity index is 814. The van der Waals surface area contributed by atoms with Crippen molar-refractivity contribution in [2.45, 2.75) is 25.1 Å². The normalized spacial score (nSPS) is 17.3. The molecule has 2 aromatic rings. The lowest BCUT2D eigenvalue weighted by Gasteiger charge is -2.32. The second-order valence-electron chi connectivity index (χ2n) is 6.22. The predicted octanol–water partition coefficient (Wildman–Crippen LogP) is 3.08. The molecule has 1 saturated heterocycles. The van der Waals surface area contributed by atoms with Gasteiger partial charge in [-0.15, -0.1) is 0 Å². The summed E-state index contributed by atoms with van der Waals surface area (Å²) < 4.78 is 61.8. The van der Waals surface area contributed by atoms with Crippen LogP contribution < -0.4 is 9.47 Å². The molecule has 0 spiro atoms. The van der Waals surface area contributed by atoms with E-state index in [9.17, 15) is 22.4 Å². The van der Waals surface area contributed by atoms with E-state index in [2.05, 4.69) is 9.97 Å². The minimum atomic E-state index is -4.48. The maximum atomic E-state index is 12.8. The molecule has 10 heteroatoms. The number of rotatable bonds is 5. The van der Waals surface area contributed by atoms with Crippen LogP contribution in [0.4, 0.5) is 17.6 Å². The van der Waals surface area contributed by atoms with Gasteiger partial charge in [-0.3, -0.25) is 4.79 Å². The summed E-state index contributed by atoms with van der Waals surface area (Å²) in [6.07, 6.45) is -1.55. The van der Waals surface area contributed by atoms with E-state index in [0.717, 1.165) is 24.5 Å². The van der Waals surface area contributed by atoms with Gasteiger partial charge >= 0.3 is 12.2 Å². The van der Waals surface area contributed by atoms with Crippen molar-refractivity contribution in [1.82, 2.24) is 14.9 Å². The molecule has 0 bridgehead atoms. The van der Waals surface area contributed by atoms with E-state index in [1.54, 1.807) is 0 Å². The molecule has 28 heavy (non-hydrogen) atoms. The lowest BCUT2D eigenvalue weighted by molar-refractivity contribution is -0.137. The number of amides is 1. The molecule has 1 aromatic carbocycles. The van der Waals surface area contributed by atoms with Gasteiger partial charge in [0.1, 0.15) is 11.9 Å². The lowest BCUT2D eigenvalue weighted by Crippen LogP contribution is -2.46. The van der Waals surface area contributed by atoms with Gasteiger partial charge in [0.05, 0.1) is 24.5 Å². The third kappa shape index (κ3) is 5.30. The van der Waals surface area contributed by atoms with Gasteiger partial charge in [0.25, 0.3) is 5.91 Å². The molecule has 1 atom stereocenters. The van der Waals surface area contributed by atoms with Gasteiger partial charge in [-0.25, -0.2) is 14.4 Å². The number of carbonyl (C=O) groups excluding carboxylic acids is 1. The molecule has 0 saturated carbocycles. The van der Waals surface area contributed by atoms with Gasteiger partial charge in [0.15, 0.2) is 12.4 Å². The van der Waals surface area contributed by atoms with Gasteiger partial charge in [0.2, 0.25) is 0 Å². The number of halogens is 4. The summed E-state index contributed by atoms with van der Waals surface area (Å²) in [6, 6.07) is 4.37. The summed E-state index contributed by atoms with van der Waals surface area (Å²) in [5.41, 5.74) is -0.844. The highest BCUT2D eigenvalue weighted by Crippen LogP contribution is 2.31. The van der Waals surface area contributed by atoms with E-state index in [1.165, 1.54) is 17.0 Å². The fourth-order valence-corrected chi connectivity index (χ4v) is 2.77. The van der Waals surface area contributed by atoms with Crippen LogP contribution in [0.25, 0.3) is 0 Å². The zero-order valence-corrected chi connectivity index (χ0v) is 14.7. The molecule has 0 N–H and O–H groups in total. The summed E-state index contributed by atoms with van der Waals surface area (Å²) in [4.78, 5) is 21.3. The number of ether oxygens (including phenoxy) is 2. The van der Waals surface area contributed by atoms with Gasteiger partial charge in [0, 0.05) is 6.54 Å². The van der Waals surface area contributed by atoms with E-state index in [1.807, 2.05) is 0 Å². The summed E-state index contributed by atoms with van der Waals surface area (Å²) in [7, 11) is 0. The second-order valence-corrected chi connectivity index (χ2v) is 6.22. The number of hydrogen-bond donors (Lipinski definition) is 0. The molecule has 2 heterocycles. The summed E-state index contributed by atoms with van der Waals surface area (Å²) in [5.74, 6) is -0.988. The largest absolute Gasteiger partial charge is 0.484 e. The number of carbonyl (C=O) groups is 1. The number of likely N-dealkylation sites (tertiary alicyclic amines) is 1. The molecule has 0 aliphatic carbocycles. The highest BCUT2D eigenvalue weighted by atomic mass is 19.4. The van der Waals surface area contributed by atoms with E-state index in [4.69, 9.17) is 9.47 Å². The molecular weight excluding hydrogens is 382 g/mol. The van der Waals surface area contributed by atoms with Crippen LogP contribution in [0.1, 0.15) is 18.4 Å². The first-order chi connectivity index (χ1) is 13.3. The first kappa shape index (κ1) is 19.8. The van der Waals surface area contributed by atoms with Crippen molar-refractivity contribution in [2.24, 2.45) is 0 Å². The molecular formula is C18H17F4N3O3. The third-order valence-electron chi connectivity index (χ3n) is 4.12. The maximum Gasteiger partial charge on any atom is 0.416 e. The molecule has 3 rings (SSSR count). The lowest BCUT2D eigenvalue weighted by atomic mass is 10.1. The first-order valence-corrected chi connectivity index (χ1v) is 8.53. The van der Waals surface area contributed by atoms with Crippen LogP contribution in [-0.4, -0.2) is 46.6 Å². The van der Waals surface area contributed by atoms with Crippen LogP contribution >= 0.6 is 0 Å². The van der Waals surface area contributed by atoms with Crippen molar-refractivity contribution in [3.05, 3.63) is 48.0 Å². The van der Waals surface area contributed by atoms with Gasteiger partial charge < -0.3 is 14.4 Å². The Hall–Kier alpha value is -2.91. The number of alkyl halides is 3. The average Bonchev–Trinajstić information content (AvgIpc) is 2.68. The number of hydrogen-bond acceptors (Lipinski definition) is 5. The SMILES string of the molecule is O=C(COc1cccc(C(F)(F)F)c1)N1CCCC(Oc2ncc(F)cn2)C1. The highest BCUT2D eigenvalue weighted by Gasteiger charge is 2.31. The predicted molar refractivity (Wildman–Crippen MR) is 89.2 cm³/mol. The molecule has 6 nitrogen and oxygen atoms in total. The Morgan fingerprint density at radius 3 is 2.71 bits per heavy atom. The Labute approximate surface area is 158 Å². The second kappa shape index (κ2) is 8.41. The van der Waals surface area contributed by atoms with Gasteiger partial charge in [-0.05, 0) is 31.0 Å². The van der Waals surface area contributed by atoms with Crippen LogP contribution in [0.5, 0.6) is 11.8 Å². The van der Waals surface area contributed by atoms with Crippen molar-refractivity contribution in [3.8, 4) is 11.8 Å². The first-order valence-electron chi connectivity index (χ1n) is 8.53. The minimum absolute atomic E-state index is 0.0147. The standard InChI is InChI=1S/C18H17F4N3O3/c19-13-8-23-17(24-9-13)28-15-5-2-6-25(10-15)16(26)11-27-14-4-1-3-12(7-14)18(20,21)22/h1,3-4,7-9,15H,2,5-6,10-11H2. The van der Waals surface area contributed by atoms with Gasteiger partial charge in [-0.1, -0.05) is 6.07 Å². The zero-order valence-electron chi connectivity index (χ0n) is 14.7. The quantitative estimate of drug-likeness (QED) is 0.723. The number of benzene rings is 1. The molecule has 150 valence electrons. The summed E-state index contributed by atoms with van der Waals surface area (Å²) in [5, 5.41) is 0. The van der Waals surface area contributed by atoms with Gasteiger partial charge in [-0.2, -0.15) is 13.2 Å². The molecule has 1 aromatic heterocycles. The van der Waals surface area contributed by atoms with Crippen molar-refractivity contribution in [3.63, 3.8) is 0 Å². The number of piperidine rings is 1. The van der Waals surface area contributed by atoms with E-state index in [-0.39, 0.29) is 36.9 Å². The summed E-state index contributed by atoms with van der Waals surface area (Å²) in [6.45, 7) is 0.349. The molecule has 1 aliphatic heterocycles. The summed E-state index contributed by atoms with van der Waals surface area (Å²) >= 11 is 0. The van der Waals surface area contributed by atoms with Crippen LogP contribution in [-0.2, 0) is 11.0 Å². The van der Waals surface area contributed by atoms with E-state index < -0.39 is 17.6 Å². The topological polar surface area (TPSA) is 64.5 Å². The van der Waals surface area contributed by atoms with Crippen molar-refractivity contribution < 1.29 is 31.8 Å². The minimum Gasteiger partial charge on any atom is -0.484 e. The maximum absolute atomic E-state index is 12.8. The van der Waals surface area contributed by atoms with Crippen molar-refractivity contribution in [2.75, 3.05) is 19.7 Å². The zero-order chi connectivity index (χ0) is 20.1. The Morgan fingerprint density at radius 2 is 2.00 bits per heavy atom. The smallest absolute Gasteiger partial charge is 0.416 e. The molecule has 1 unspecified atom stereocenters. The fourth-order valence-electron chi connectivity index (χ4n) is 2.77. The van der Waals surface area contributed by atoms with Crippen LogP contribution in [0.3, 0.4) is 0 Å². The van der Waals surface area contributed by atoms with E-state index in [0.29, 0.717) is 19.4 Å². The monoisotopic (exact) mass is 399 g/mol. The molecule has 1 fully saturated rings. The third-order valence-corrected chi connectivity index (χ3v) is 4.12. The Morgan fingerprint density at radius 1 is 1.25 bits per heavy atom. The van der Waals surface area contributed by atoms with Crippen LogP contribution in [0.2, 0.25) is 0 Å². The van der Waals surface area contributed by atoms with Crippen LogP contribution in [0, 0.1) is 5.82 Å². The Kier molecular flexibility index (Phi) is 5.96. The molecule has 1 aliphatic rings.